The second-order valence-electron chi connectivity index (χ2n) is 14.7. The summed E-state index contributed by atoms with van der Waals surface area (Å²) in [5, 5.41) is 4.81. The van der Waals surface area contributed by atoms with E-state index in [0.29, 0.717) is 6.61 Å². The third-order valence-electron chi connectivity index (χ3n) is 11.4. The molecule has 2 fully saturated rings. The van der Waals surface area contributed by atoms with E-state index in [0.717, 1.165) is 106 Å². The maximum atomic E-state index is 13.8. The third kappa shape index (κ3) is 5.64. The molecule has 5 unspecified atom stereocenters. The fraction of sp³-hybridized carbons (Fsp3) is 0.425. The fourth-order valence-corrected chi connectivity index (χ4v) is 8.52. The van der Waals surface area contributed by atoms with Crippen LogP contribution in [0.5, 0.6) is 5.75 Å². The van der Waals surface area contributed by atoms with Gasteiger partial charge in [0, 0.05) is 23.0 Å². The number of hydrogen-bond acceptors (Lipinski definition) is 7. The van der Waals surface area contributed by atoms with Crippen molar-refractivity contribution in [3.63, 3.8) is 0 Å². The number of ether oxygens (including phenoxy) is 2. The van der Waals surface area contributed by atoms with Crippen LogP contribution in [0.1, 0.15) is 89.1 Å². The highest BCUT2D eigenvalue weighted by molar-refractivity contribution is 6.07. The summed E-state index contributed by atoms with van der Waals surface area (Å²) in [5.41, 5.74) is 6.90. The lowest BCUT2D eigenvalue weighted by atomic mass is 9.92. The van der Waals surface area contributed by atoms with Crippen LogP contribution in [-0.2, 0) is 20.9 Å². The Morgan fingerprint density at radius 2 is 1.87 bits per heavy atom. The Labute approximate surface area is 302 Å². The van der Waals surface area contributed by atoms with Gasteiger partial charge in [-0.25, -0.2) is 14.8 Å². The molecule has 3 N–H and O–H groups in total. The molecule has 0 aliphatic carbocycles. The summed E-state index contributed by atoms with van der Waals surface area (Å²) in [4.78, 5) is 58.4. The van der Waals surface area contributed by atoms with Crippen molar-refractivity contribution in [3.05, 3.63) is 65.9 Å². The molecule has 0 radical (unpaired) electrons. The van der Waals surface area contributed by atoms with Crippen LogP contribution in [0.25, 0.3) is 44.2 Å². The van der Waals surface area contributed by atoms with Crippen molar-refractivity contribution in [3.8, 4) is 28.1 Å². The first-order valence-electron chi connectivity index (χ1n) is 18.4. The molecule has 3 aliphatic rings. The van der Waals surface area contributed by atoms with Crippen LogP contribution in [0.15, 0.2) is 48.7 Å². The van der Waals surface area contributed by atoms with Gasteiger partial charge in [0.05, 0.1) is 42.1 Å². The topological polar surface area (TPSA) is 146 Å². The van der Waals surface area contributed by atoms with Crippen molar-refractivity contribution >= 4 is 40.2 Å². The Morgan fingerprint density at radius 3 is 2.63 bits per heavy atom. The number of carbonyl (C=O) groups is 3. The van der Waals surface area contributed by atoms with Gasteiger partial charge in [0.2, 0.25) is 12.3 Å². The molecule has 12 nitrogen and oxygen atoms in total. The Balaban J connectivity index is 1.06. The second kappa shape index (κ2) is 13.3. The summed E-state index contributed by atoms with van der Waals surface area (Å²) in [6.45, 7) is 8.41. The van der Waals surface area contributed by atoms with E-state index >= 15 is 0 Å². The SMILES string of the molecule is CCC1CCC(c2nc3c(ccc4cc5c(cc43)OCc3cc(-c4cnc(C6CCC(C)N6C(=O)C(NC(=O)OC)C(C)C)[nH]4)ccc3-5)[nH]2)N1C=O. The van der Waals surface area contributed by atoms with Crippen LogP contribution in [0.2, 0.25) is 0 Å². The number of fused-ring (bicyclic) bond motifs is 6. The van der Waals surface area contributed by atoms with E-state index in [1.807, 2.05) is 36.8 Å². The van der Waals surface area contributed by atoms with Crippen molar-refractivity contribution in [2.75, 3.05) is 7.11 Å². The number of alkyl carbamates (subject to hydrolysis) is 1. The molecule has 52 heavy (non-hydrogen) atoms. The molecular weight excluding hydrogens is 658 g/mol. The molecule has 2 saturated heterocycles. The minimum Gasteiger partial charge on any atom is -0.488 e. The van der Waals surface area contributed by atoms with Gasteiger partial charge in [-0.15, -0.1) is 0 Å². The van der Waals surface area contributed by atoms with Crippen molar-refractivity contribution in [2.24, 2.45) is 5.92 Å². The van der Waals surface area contributed by atoms with Crippen molar-refractivity contribution in [1.29, 1.82) is 0 Å². The smallest absolute Gasteiger partial charge is 0.407 e. The predicted molar refractivity (Wildman–Crippen MR) is 197 cm³/mol. The molecule has 3 amide bonds. The zero-order valence-corrected chi connectivity index (χ0v) is 30.2. The van der Waals surface area contributed by atoms with E-state index in [1.165, 1.54) is 7.11 Å². The Kier molecular flexibility index (Phi) is 8.63. The van der Waals surface area contributed by atoms with Crippen LogP contribution in [0.3, 0.4) is 0 Å². The lowest BCUT2D eigenvalue weighted by Gasteiger charge is -2.32. The number of nitrogens with one attached hydrogen (secondary N) is 3. The first-order valence-corrected chi connectivity index (χ1v) is 18.4. The maximum Gasteiger partial charge on any atom is 0.407 e. The highest BCUT2D eigenvalue weighted by atomic mass is 16.5. The van der Waals surface area contributed by atoms with Crippen molar-refractivity contribution in [1.82, 2.24) is 35.1 Å². The number of aromatic nitrogens is 4. The summed E-state index contributed by atoms with van der Waals surface area (Å²) < 4.78 is 11.2. The van der Waals surface area contributed by atoms with Crippen molar-refractivity contribution < 1.29 is 23.9 Å². The summed E-state index contributed by atoms with van der Waals surface area (Å²) >= 11 is 0. The van der Waals surface area contributed by atoms with E-state index in [9.17, 15) is 14.4 Å². The number of likely N-dealkylation sites (tertiary alicyclic amines) is 2. The van der Waals surface area contributed by atoms with Crippen LogP contribution in [0, 0.1) is 5.92 Å². The summed E-state index contributed by atoms with van der Waals surface area (Å²) in [7, 11) is 1.30. The molecule has 5 aromatic rings. The largest absolute Gasteiger partial charge is 0.488 e. The lowest BCUT2D eigenvalue weighted by Crippen LogP contribution is -2.52. The zero-order chi connectivity index (χ0) is 36.3. The molecule has 5 heterocycles. The quantitative estimate of drug-likeness (QED) is 0.145. The average Bonchev–Trinajstić information content (AvgIpc) is 3.97. The van der Waals surface area contributed by atoms with Crippen LogP contribution in [-0.4, -0.2) is 73.4 Å². The average molecular weight is 704 g/mol. The van der Waals surface area contributed by atoms with E-state index in [1.54, 1.807) is 0 Å². The van der Waals surface area contributed by atoms with Gasteiger partial charge < -0.3 is 34.6 Å². The molecule has 3 aliphatic heterocycles. The number of imidazole rings is 2. The second-order valence-corrected chi connectivity index (χ2v) is 14.7. The number of methoxy groups -OCH3 is 1. The predicted octanol–water partition coefficient (Wildman–Crippen LogP) is 7.17. The molecule has 0 bridgehead atoms. The number of benzene rings is 3. The van der Waals surface area contributed by atoms with Gasteiger partial charge in [-0.1, -0.05) is 39.0 Å². The summed E-state index contributed by atoms with van der Waals surface area (Å²) in [6, 6.07) is 14.1. The fourth-order valence-electron chi connectivity index (χ4n) is 8.52. The van der Waals surface area contributed by atoms with Crippen molar-refractivity contribution in [2.45, 2.75) is 96.6 Å². The highest BCUT2D eigenvalue weighted by Crippen LogP contribution is 2.44. The van der Waals surface area contributed by atoms with E-state index in [2.05, 4.69) is 64.7 Å². The maximum absolute atomic E-state index is 13.8. The molecule has 12 heteroatoms. The molecule has 5 atom stereocenters. The number of H-pyrrole nitrogens is 2. The zero-order valence-electron chi connectivity index (χ0n) is 30.2. The Morgan fingerprint density at radius 1 is 1.04 bits per heavy atom. The Bertz CT molecular complexity index is 2190. The lowest BCUT2D eigenvalue weighted by molar-refractivity contribution is -0.137. The number of nitrogens with zero attached hydrogens (tertiary/aromatic N) is 4. The number of hydrogen-bond donors (Lipinski definition) is 3. The normalized spacial score (nSPS) is 21.7. The van der Waals surface area contributed by atoms with Crippen LogP contribution < -0.4 is 10.1 Å². The minimum absolute atomic E-state index is 0.00337. The summed E-state index contributed by atoms with van der Waals surface area (Å²) in [5.74, 6) is 2.13. The number of amides is 3. The van der Waals surface area contributed by atoms with Gasteiger partial charge in [-0.3, -0.25) is 9.59 Å². The van der Waals surface area contributed by atoms with Crippen LogP contribution in [0.4, 0.5) is 4.79 Å². The van der Waals surface area contributed by atoms with E-state index in [-0.39, 0.29) is 36.0 Å². The minimum atomic E-state index is -0.701. The first-order chi connectivity index (χ1) is 25.2. The van der Waals surface area contributed by atoms with Crippen LogP contribution >= 0.6 is 0 Å². The van der Waals surface area contributed by atoms with Gasteiger partial charge in [0.1, 0.15) is 30.0 Å². The molecule has 3 aromatic carbocycles. The molecular formula is C40H45N7O5. The number of rotatable bonds is 8. The summed E-state index contributed by atoms with van der Waals surface area (Å²) in [6.07, 6.45) is 6.61. The molecule has 0 spiro atoms. The first kappa shape index (κ1) is 33.7. The molecule has 8 rings (SSSR count). The Hall–Kier alpha value is -5.39. The molecule has 0 saturated carbocycles. The number of aromatic amines is 2. The third-order valence-corrected chi connectivity index (χ3v) is 11.4. The standard InChI is InChI=1S/C40H45N7O5/c1-6-26-10-14-32(46(26)20-48)38-42-30-12-9-23-16-29-27-11-8-24(15-25(27)19-52-34(29)17-28(23)36(30)44-38)31-18-41-37(43-31)33-13-7-22(4)47(33)39(49)35(21(2)3)45-40(50)51-5/h8-9,11-12,15-18,20-22,26,32-33,35H,6-7,10,13-14,19H2,1-5H3,(H,41,43)(H,42,44)(H,45,50). The van der Waals surface area contributed by atoms with E-state index in [4.69, 9.17) is 19.4 Å². The van der Waals surface area contributed by atoms with Gasteiger partial charge in [-0.05, 0) is 91.3 Å². The van der Waals surface area contributed by atoms with Gasteiger partial charge in [0.15, 0.2) is 0 Å². The number of carbonyl (C=O) groups excluding carboxylic acids is 3. The van der Waals surface area contributed by atoms with Gasteiger partial charge in [0.25, 0.3) is 0 Å². The monoisotopic (exact) mass is 703 g/mol. The van der Waals surface area contributed by atoms with Gasteiger partial charge >= 0.3 is 6.09 Å². The van der Waals surface area contributed by atoms with Gasteiger partial charge in [-0.2, -0.15) is 0 Å². The molecule has 270 valence electrons. The highest BCUT2D eigenvalue weighted by Gasteiger charge is 2.41. The molecule has 2 aromatic heterocycles. The van der Waals surface area contributed by atoms with E-state index < -0.39 is 12.1 Å².